The van der Waals surface area contributed by atoms with Crippen molar-refractivity contribution in [3.63, 3.8) is 0 Å². The van der Waals surface area contributed by atoms with E-state index in [9.17, 15) is 14.7 Å². The highest BCUT2D eigenvalue weighted by atomic mass is 16.3. The number of nitrogens with zero attached hydrogens (tertiary/aromatic N) is 3. The third kappa shape index (κ3) is 4.04. The summed E-state index contributed by atoms with van der Waals surface area (Å²) >= 11 is 0. The van der Waals surface area contributed by atoms with Gasteiger partial charge in [0.05, 0.1) is 11.5 Å². The van der Waals surface area contributed by atoms with Crippen LogP contribution in [0.25, 0.3) is 0 Å². The first kappa shape index (κ1) is 18.8. The van der Waals surface area contributed by atoms with Gasteiger partial charge in [0.15, 0.2) is 0 Å². The fraction of sp³-hybridized carbons (Fsp3) is 0.632. The zero-order chi connectivity index (χ0) is 18.7. The number of hydrogen-bond donors (Lipinski definition) is 2. The Morgan fingerprint density at radius 3 is 2.58 bits per heavy atom. The molecule has 7 heteroatoms. The first-order valence-corrected chi connectivity index (χ1v) is 9.32. The Hall–Kier alpha value is -1.99. The van der Waals surface area contributed by atoms with E-state index in [0.717, 1.165) is 12.0 Å². The number of likely N-dealkylation sites (tertiary alicyclic amines) is 2. The monoisotopic (exact) mass is 360 g/mol. The molecule has 2 amide bonds. The minimum Gasteiger partial charge on any atom is -0.385 e. The number of carbonyl (C=O) groups excluding carboxylic acids is 2. The highest BCUT2D eigenvalue weighted by Crippen LogP contribution is 2.33. The highest BCUT2D eigenvalue weighted by molar-refractivity contribution is 5.80. The van der Waals surface area contributed by atoms with Crippen molar-refractivity contribution in [3.8, 4) is 0 Å². The van der Waals surface area contributed by atoms with E-state index in [1.165, 1.54) is 6.92 Å². The van der Waals surface area contributed by atoms with Crippen LogP contribution in [-0.4, -0.2) is 63.9 Å². The van der Waals surface area contributed by atoms with Crippen molar-refractivity contribution in [2.45, 2.75) is 44.2 Å². The first-order chi connectivity index (χ1) is 12.4. The average Bonchev–Trinajstić information content (AvgIpc) is 2.84. The summed E-state index contributed by atoms with van der Waals surface area (Å²) in [6.45, 7) is 3.49. The van der Waals surface area contributed by atoms with Crippen molar-refractivity contribution >= 4 is 11.8 Å². The minimum atomic E-state index is -0.928. The van der Waals surface area contributed by atoms with Gasteiger partial charge in [-0.2, -0.15) is 0 Å². The molecule has 26 heavy (non-hydrogen) atoms. The molecule has 2 aliphatic heterocycles. The van der Waals surface area contributed by atoms with Crippen LogP contribution in [-0.2, 0) is 15.2 Å². The Kier molecular flexibility index (Phi) is 5.58. The lowest BCUT2D eigenvalue weighted by molar-refractivity contribution is -0.141. The van der Waals surface area contributed by atoms with Gasteiger partial charge in [-0.3, -0.25) is 14.6 Å². The molecule has 0 radical (unpaired) electrons. The molecule has 0 aromatic carbocycles. The maximum absolute atomic E-state index is 13.0. The second-order valence-electron chi connectivity index (χ2n) is 7.56. The molecule has 1 aromatic heterocycles. The highest BCUT2D eigenvalue weighted by Gasteiger charge is 2.38. The molecule has 2 aliphatic rings. The van der Waals surface area contributed by atoms with E-state index in [4.69, 9.17) is 5.73 Å². The van der Waals surface area contributed by atoms with Gasteiger partial charge in [0.25, 0.3) is 0 Å². The van der Waals surface area contributed by atoms with Gasteiger partial charge < -0.3 is 20.6 Å². The number of rotatable bonds is 2. The van der Waals surface area contributed by atoms with E-state index in [1.54, 1.807) is 17.3 Å². The van der Waals surface area contributed by atoms with Crippen LogP contribution in [0.4, 0.5) is 0 Å². The Balaban J connectivity index is 1.63. The van der Waals surface area contributed by atoms with Crippen molar-refractivity contribution in [1.82, 2.24) is 14.8 Å². The minimum absolute atomic E-state index is 0.0373. The Morgan fingerprint density at radius 1 is 1.23 bits per heavy atom. The molecule has 3 N–H and O–H groups in total. The molecule has 7 nitrogen and oxygen atoms in total. The molecule has 0 unspecified atom stereocenters. The number of nitrogens with two attached hydrogens (primary N) is 1. The summed E-state index contributed by atoms with van der Waals surface area (Å²) in [5, 5.41) is 10.9. The van der Waals surface area contributed by atoms with Crippen LogP contribution in [0.3, 0.4) is 0 Å². The van der Waals surface area contributed by atoms with E-state index in [2.05, 4.69) is 4.98 Å². The number of aromatic nitrogens is 1. The van der Waals surface area contributed by atoms with Gasteiger partial charge in [0.2, 0.25) is 11.8 Å². The van der Waals surface area contributed by atoms with E-state index in [0.29, 0.717) is 45.4 Å². The zero-order valence-corrected chi connectivity index (χ0v) is 15.3. The molecule has 2 atom stereocenters. The quantitative estimate of drug-likeness (QED) is 0.799. The second-order valence-corrected chi connectivity index (χ2v) is 7.56. The van der Waals surface area contributed by atoms with Crippen LogP contribution < -0.4 is 5.73 Å². The summed E-state index contributed by atoms with van der Waals surface area (Å²) in [6.07, 6.45) is 5.80. The maximum atomic E-state index is 13.0. The average molecular weight is 360 g/mol. The van der Waals surface area contributed by atoms with Crippen molar-refractivity contribution in [2.75, 3.05) is 26.2 Å². The molecule has 0 saturated carbocycles. The smallest absolute Gasteiger partial charge is 0.227 e. The summed E-state index contributed by atoms with van der Waals surface area (Å²) in [7, 11) is 0. The molecule has 1 aromatic rings. The fourth-order valence-corrected chi connectivity index (χ4v) is 3.96. The Bertz CT molecular complexity index is 643. The summed E-state index contributed by atoms with van der Waals surface area (Å²) in [6, 6.07) is 3.62. The van der Waals surface area contributed by atoms with Crippen molar-refractivity contribution in [1.29, 1.82) is 0 Å². The number of amides is 2. The van der Waals surface area contributed by atoms with E-state index >= 15 is 0 Å². The molecule has 0 spiro atoms. The number of piperidine rings is 1. The van der Waals surface area contributed by atoms with Gasteiger partial charge in [-0.1, -0.05) is 6.07 Å². The van der Waals surface area contributed by atoms with Crippen molar-refractivity contribution < 1.29 is 14.7 Å². The Labute approximate surface area is 154 Å². The zero-order valence-electron chi connectivity index (χ0n) is 15.3. The van der Waals surface area contributed by atoms with Crippen LogP contribution >= 0.6 is 0 Å². The normalized spacial score (nSPS) is 26.3. The van der Waals surface area contributed by atoms with Gasteiger partial charge >= 0.3 is 0 Å². The third-order valence-electron chi connectivity index (χ3n) is 5.68. The molecule has 142 valence electrons. The first-order valence-electron chi connectivity index (χ1n) is 9.32. The summed E-state index contributed by atoms with van der Waals surface area (Å²) < 4.78 is 0. The predicted octanol–water partition coefficient (Wildman–Crippen LogP) is 0.477. The molecule has 3 rings (SSSR count). The van der Waals surface area contributed by atoms with Crippen LogP contribution in [0, 0.1) is 5.92 Å². The lowest BCUT2D eigenvalue weighted by Gasteiger charge is -2.39. The van der Waals surface area contributed by atoms with Crippen LogP contribution in [0.1, 0.15) is 38.2 Å². The number of hydrogen-bond acceptors (Lipinski definition) is 5. The van der Waals surface area contributed by atoms with Gasteiger partial charge in [-0.25, -0.2) is 0 Å². The molecule has 3 heterocycles. The topological polar surface area (TPSA) is 99.8 Å². The van der Waals surface area contributed by atoms with Gasteiger partial charge in [-0.15, -0.1) is 0 Å². The SMILES string of the molecule is CC(=O)N1C[C@@H](N)CC[C@@H](C(=O)N2CCC(O)(c3cccnc3)CC2)C1. The van der Waals surface area contributed by atoms with E-state index < -0.39 is 5.60 Å². The van der Waals surface area contributed by atoms with Crippen LogP contribution in [0.2, 0.25) is 0 Å². The lowest BCUT2D eigenvalue weighted by Crippen LogP contribution is -2.49. The van der Waals surface area contributed by atoms with Crippen LogP contribution in [0.5, 0.6) is 0 Å². The fourth-order valence-electron chi connectivity index (χ4n) is 3.96. The lowest BCUT2D eigenvalue weighted by atomic mass is 9.85. The maximum Gasteiger partial charge on any atom is 0.227 e. The standard InChI is InChI=1S/C19H28N4O3/c1-14(24)23-12-15(4-5-17(20)13-23)18(25)22-9-6-19(26,7-10-22)16-3-2-8-21-11-16/h2-3,8,11,15,17,26H,4-7,9-10,12-13,20H2,1H3/t15-,17+/m1/s1. The molecule has 0 bridgehead atoms. The molecular weight excluding hydrogens is 332 g/mol. The van der Waals surface area contributed by atoms with Crippen LogP contribution in [0.15, 0.2) is 24.5 Å². The van der Waals surface area contributed by atoms with Gasteiger partial charge in [0, 0.05) is 57.1 Å². The summed E-state index contributed by atoms with van der Waals surface area (Å²) in [4.78, 5) is 32.4. The largest absolute Gasteiger partial charge is 0.385 e. The second kappa shape index (κ2) is 7.72. The van der Waals surface area contributed by atoms with E-state index in [1.807, 2.05) is 17.0 Å². The molecule has 2 fully saturated rings. The third-order valence-corrected chi connectivity index (χ3v) is 5.68. The molecule has 2 saturated heterocycles. The Morgan fingerprint density at radius 2 is 1.96 bits per heavy atom. The van der Waals surface area contributed by atoms with Gasteiger partial charge in [-0.05, 0) is 31.7 Å². The summed E-state index contributed by atoms with van der Waals surface area (Å²) in [5.74, 6) is -0.180. The number of aliphatic hydroxyl groups is 1. The number of carbonyl (C=O) groups is 2. The van der Waals surface area contributed by atoms with Crippen molar-refractivity contribution in [2.24, 2.45) is 11.7 Å². The van der Waals surface area contributed by atoms with Crippen molar-refractivity contribution in [3.05, 3.63) is 30.1 Å². The predicted molar refractivity (Wildman–Crippen MR) is 96.9 cm³/mol. The summed E-state index contributed by atoms with van der Waals surface area (Å²) in [5.41, 5.74) is 5.92. The van der Waals surface area contributed by atoms with E-state index in [-0.39, 0.29) is 23.8 Å². The number of pyridine rings is 1. The van der Waals surface area contributed by atoms with Gasteiger partial charge in [0.1, 0.15) is 0 Å². The molecule has 0 aliphatic carbocycles. The molecular formula is C19H28N4O3.